The van der Waals surface area contributed by atoms with Crippen LogP contribution >= 0.6 is 0 Å². The largest absolute Gasteiger partial charge is 0.493 e. The van der Waals surface area contributed by atoms with Gasteiger partial charge in [0.05, 0.1) is 12.0 Å². The number of ether oxygens (including phenoxy) is 2. The number of rotatable bonds is 6. The van der Waals surface area contributed by atoms with Gasteiger partial charge in [0.2, 0.25) is 0 Å². The van der Waals surface area contributed by atoms with Crippen molar-refractivity contribution in [1.82, 2.24) is 0 Å². The van der Waals surface area contributed by atoms with Crippen LogP contribution in [0.4, 0.5) is 18.9 Å². The molecule has 0 aromatic heterocycles. The third-order valence-corrected chi connectivity index (χ3v) is 3.44. The normalized spacial score (nSPS) is 12.5. The summed E-state index contributed by atoms with van der Waals surface area (Å²) in [6, 6.07) is 7.32. The van der Waals surface area contributed by atoms with Crippen LogP contribution < -0.4 is 15.2 Å². The summed E-state index contributed by atoms with van der Waals surface area (Å²) in [5, 5.41) is 10.6. The van der Waals surface area contributed by atoms with Gasteiger partial charge >= 0.3 is 6.18 Å². The van der Waals surface area contributed by atoms with Crippen LogP contribution in [0, 0.1) is 10.1 Å². The van der Waals surface area contributed by atoms with Crippen molar-refractivity contribution in [3.05, 3.63) is 63.7 Å². The zero-order valence-corrected chi connectivity index (χ0v) is 13.1. The molecule has 6 nitrogen and oxygen atoms in total. The Morgan fingerprint density at radius 2 is 1.80 bits per heavy atom. The van der Waals surface area contributed by atoms with Crippen LogP contribution in [0.15, 0.2) is 42.5 Å². The minimum atomic E-state index is -4.56. The van der Waals surface area contributed by atoms with Crippen LogP contribution in [-0.2, 0) is 6.61 Å². The molecule has 0 heterocycles. The number of methoxy groups -OCH3 is 1. The molecule has 134 valence electrons. The van der Waals surface area contributed by atoms with E-state index in [0.717, 1.165) is 0 Å². The molecule has 0 amide bonds. The molecule has 2 N–H and O–H groups in total. The molecule has 0 saturated carbocycles. The van der Waals surface area contributed by atoms with Crippen molar-refractivity contribution in [1.29, 1.82) is 0 Å². The number of nitrogens with zero attached hydrogens (tertiary/aromatic N) is 1. The zero-order chi connectivity index (χ0) is 18.6. The molecule has 2 aromatic rings. The first kappa shape index (κ1) is 18.5. The highest BCUT2D eigenvalue weighted by Crippen LogP contribution is 2.36. The van der Waals surface area contributed by atoms with E-state index >= 15 is 0 Å². The molecule has 0 aliphatic heterocycles. The van der Waals surface area contributed by atoms with Crippen molar-refractivity contribution in [2.75, 3.05) is 7.11 Å². The van der Waals surface area contributed by atoms with Gasteiger partial charge in [0.15, 0.2) is 11.5 Å². The highest BCUT2D eigenvalue weighted by molar-refractivity contribution is 5.44. The Morgan fingerprint density at radius 1 is 1.16 bits per heavy atom. The van der Waals surface area contributed by atoms with E-state index in [1.165, 1.54) is 49.6 Å². The number of alkyl halides is 3. The summed E-state index contributed by atoms with van der Waals surface area (Å²) >= 11 is 0. The van der Waals surface area contributed by atoms with Crippen molar-refractivity contribution in [3.63, 3.8) is 0 Å². The van der Waals surface area contributed by atoms with Crippen molar-refractivity contribution in [3.8, 4) is 11.5 Å². The number of hydrogen-bond donors (Lipinski definition) is 1. The maximum absolute atomic E-state index is 12.7. The Kier molecular flexibility index (Phi) is 5.48. The van der Waals surface area contributed by atoms with E-state index in [9.17, 15) is 23.3 Å². The first-order valence-corrected chi connectivity index (χ1v) is 7.08. The Balaban J connectivity index is 2.13. The minimum absolute atomic E-state index is 0.0492. The molecule has 0 aliphatic carbocycles. The first-order chi connectivity index (χ1) is 11.7. The fourth-order valence-corrected chi connectivity index (χ4v) is 2.06. The van der Waals surface area contributed by atoms with Gasteiger partial charge in [-0.15, -0.1) is 0 Å². The molecule has 0 fully saturated rings. The van der Waals surface area contributed by atoms with Crippen molar-refractivity contribution >= 4 is 5.69 Å². The molecule has 0 radical (unpaired) electrons. The number of halogens is 3. The van der Waals surface area contributed by atoms with Gasteiger partial charge in [0.1, 0.15) is 12.6 Å². The third kappa shape index (κ3) is 4.60. The minimum Gasteiger partial charge on any atom is -0.493 e. The summed E-state index contributed by atoms with van der Waals surface area (Å²) < 4.78 is 48.6. The number of nitro benzene ring substituents is 1. The van der Waals surface area contributed by atoms with Gasteiger partial charge in [-0.1, -0.05) is 6.07 Å². The quantitative estimate of drug-likeness (QED) is 0.629. The lowest BCUT2D eigenvalue weighted by Crippen LogP contribution is -2.28. The highest BCUT2D eigenvalue weighted by Gasteiger charge is 2.38. The zero-order valence-electron chi connectivity index (χ0n) is 13.1. The molecular formula is C16H15F3N2O4. The standard InChI is InChI=1S/C16H15F3N2O4/c1-24-14-8-11(15(20)16(17,18)19)4-7-13(14)25-9-10-2-5-12(6-3-10)21(22)23/h2-8,15H,9,20H2,1H3/t15-/m1/s1. The second-order valence-corrected chi connectivity index (χ2v) is 5.14. The SMILES string of the molecule is COc1cc([C@@H](N)C(F)(F)F)ccc1OCc1ccc([N+](=O)[O-])cc1. The smallest absolute Gasteiger partial charge is 0.407 e. The third-order valence-electron chi connectivity index (χ3n) is 3.44. The molecule has 0 unspecified atom stereocenters. The van der Waals surface area contributed by atoms with E-state index in [2.05, 4.69) is 0 Å². The van der Waals surface area contributed by atoms with Crippen molar-refractivity contribution in [2.24, 2.45) is 5.73 Å². The predicted molar refractivity (Wildman–Crippen MR) is 83.4 cm³/mol. The van der Waals surface area contributed by atoms with Crippen molar-refractivity contribution in [2.45, 2.75) is 18.8 Å². The fraction of sp³-hybridized carbons (Fsp3) is 0.250. The Morgan fingerprint density at radius 3 is 2.32 bits per heavy atom. The molecule has 1 atom stereocenters. The van der Waals surface area contributed by atoms with E-state index in [0.29, 0.717) is 5.56 Å². The van der Waals surface area contributed by atoms with Crippen LogP contribution in [0.3, 0.4) is 0 Å². The topological polar surface area (TPSA) is 87.6 Å². The highest BCUT2D eigenvalue weighted by atomic mass is 19.4. The monoisotopic (exact) mass is 356 g/mol. The van der Waals surface area contributed by atoms with Gasteiger partial charge < -0.3 is 15.2 Å². The summed E-state index contributed by atoms with van der Waals surface area (Å²) in [4.78, 5) is 10.1. The van der Waals surface area contributed by atoms with E-state index in [1.807, 2.05) is 0 Å². The lowest BCUT2D eigenvalue weighted by molar-refractivity contribution is -0.384. The summed E-state index contributed by atoms with van der Waals surface area (Å²) in [5.74, 6) is 0.345. The second-order valence-electron chi connectivity index (χ2n) is 5.14. The van der Waals surface area contributed by atoms with Crippen LogP contribution in [0.5, 0.6) is 11.5 Å². The molecule has 0 spiro atoms. The Hall–Kier alpha value is -2.81. The summed E-state index contributed by atoms with van der Waals surface area (Å²) in [6.45, 7) is 0.0685. The molecule has 2 aromatic carbocycles. The van der Waals surface area contributed by atoms with Crippen LogP contribution in [0.25, 0.3) is 0 Å². The Bertz CT molecular complexity index is 748. The molecule has 0 bridgehead atoms. The number of benzene rings is 2. The summed E-state index contributed by atoms with van der Waals surface area (Å²) in [6.07, 6.45) is -4.56. The molecule has 2 rings (SSSR count). The second kappa shape index (κ2) is 7.39. The van der Waals surface area contributed by atoms with Gasteiger partial charge in [-0.05, 0) is 35.4 Å². The van der Waals surface area contributed by atoms with Gasteiger partial charge in [-0.25, -0.2) is 0 Å². The molecule has 0 aliphatic rings. The molecule has 0 saturated heterocycles. The number of hydrogen-bond acceptors (Lipinski definition) is 5. The van der Waals surface area contributed by atoms with Gasteiger partial charge in [0, 0.05) is 12.1 Å². The number of nitrogens with two attached hydrogens (primary N) is 1. The fourth-order valence-electron chi connectivity index (χ4n) is 2.06. The van der Waals surface area contributed by atoms with Crippen molar-refractivity contribution < 1.29 is 27.6 Å². The number of nitro groups is 1. The van der Waals surface area contributed by atoms with Gasteiger partial charge in [-0.2, -0.15) is 13.2 Å². The van der Waals surface area contributed by atoms with Crippen LogP contribution in [0.2, 0.25) is 0 Å². The summed E-state index contributed by atoms with van der Waals surface area (Å²) in [7, 11) is 1.30. The maximum Gasteiger partial charge on any atom is 0.407 e. The number of non-ortho nitro benzene ring substituents is 1. The van der Waals surface area contributed by atoms with Gasteiger partial charge in [-0.3, -0.25) is 10.1 Å². The summed E-state index contributed by atoms with van der Waals surface area (Å²) in [5.41, 5.74) is 5.63. The molecular weight excluding hydrogens is 341 g/mol. The average Bonchev–Trinajstić information content (AvgIpc) is 2.58. The average molecular weight is 356 g/mol. The van der Waals surface area contributed by atoms with Gasteiger partial charge in [0.25, 0.3) is 5.69 Å². The maximum atomic E-state index is 12.7. The first-order valence-electron chi connectivity index (χ1n) is 7.08. The van der Waals surface area contributed by atoms with E-state index in [4.69, 9.17) is 15.2 Å². The lowest BCUT2D eigenvalue weighted by atomic mass is 10.1. The lowest BCUT2D eigenvalue weighted by Gasteiger charge is -2.18. The van der Waals surface area contributed by atoms with Crippen LogP contribution in [-0.4, -0.2) is 18.2 Å². The van der Waals surface area contributed by atoms with E-state index in [-0.39, 0.29) is 29.4 Å². The Labute approximate surface area is 141 Å². The van der Waals surface area contributed by atoms with E-state index < -0.39 is 17.1 Å². The van der Waals surface area contributed by atoms with E-state index in [1.54, 1.807) is 0 Å². The predicted octanol–water partition coefficient (Wildman–Crippen LogP) is 3.74. The van der Waals surface area contributed by atoms with Crippen LogP contribution in [0.1, 0.15) is 17.2 Å². The molecule has 25 heavy (non-hydrogen) atoms. The molecule has 9 heteroatoms.